The Morgan fingerprint density at radius 3 is 2.83 bits per heavy atom. The van der Waals surface area contributed by atoms with Crippen molar-refractivity contribution in [2.75, 3.05) is 7.05 Å². The molecule has 1 rings (SSSR count). The number of nitrogens with one attached hydrogen (secondary N) is 1. The van der Waals surface area contributed by atoms with Gasteiger partial charge in [0.25, 0.3) is 5.91 Å². The van der Waals surface area contributed by atoms with Crippen LogP contribution in [-0.2, 0) is 0 Å². The number of nitrogens with zero attached hydrogens (tertiary/aromatic N) is 1. The lowest BCUT2D eigenvalue weighted by Crippen LogP contribution is -2.33. The molecule has 5 heteroatoms. The summed E-state index contributed by atoms with van der Waals surface area (Å²) in [6, 6.07) is 2.69. The number of H-pyrrole nitrogens is 1. The molecular weight excluding hydrogens is 158 g/mol. The van der Waals surface area contributed by atoms with Gasteiger partial charge in [0.15, 0.2) is 0 Å². The molecule has 64 valence electrons. The van der Waals surface area contributed by atoms with Crippen molar-refractivity contribution in [1.29, 1.82) is 0 Å². The summed E-state index contributed by atoms with van der Waals surface area (Å²) in [6.07, 6.45) is 1.40. The number of nitrogens with two attached hydrogens (primary N) is 1. The molecule has 0 fully saturated rings. The van der Waals surface area contributed by atoms with E-state index in [0.717, 1.165) is 5.01 Å². The summed E-state index contributed by atoms with van der Waals surface area (Å²) >= 11 is 0. The normalized spacial score (nSPS) is 9.50. The second-order valence-corrected chi connectivity index (χ2v) is 2.36. The van der Waals surface area contributed by atoms with E-state index in [2.05, 4.69) is 4.98 Å². The Morgan fingerprint density at radius 2 is 2.33 bits per heavy atom. The summed E-state index contributed by atoms with van der Waals surface area (Å²) in [5, 5.41) is 0.925. The van der Waals surface area contributed by atoms with E-state index in [1.165, 1.54) is 25.4 Å². The zero-order chi connectivity index (χ0) is 9.14. The minimum atomic E-state index is -0.388. The van der Waals surface area contributed by atoms with Crippen LogP contribution in [0, 0.1) is 0 Å². The third-order valence-electron chi connectivity index (χ3n) is 1.34. The van der Waals surface area contributed by atoms with E-state index in [-0.39, 0.29) is 17.0 Å². The minimum Gasteiger partial charge on any atom is -0.329 e. The van der Waals surface area contributed by atoms with E-state index >= 15 is 0 Å². The summed E-state index contributed by atoms with van der Waals surface area (Å²) < 4.78 is 0. The topological polar surface area (TPSA) is 79.2 Å². The fraction of sp³-hybridized carbons (Fsp3) is 0.143. The number of hydrazine groups is 1. The summed E-state index contributed by atoms with van der Waals surface area (Å²) in [7, 11) is 1.42. The van der Waals surface area contributed by atoms with Gasteiger partial charge in [-0.15, -0.1) is 0 Å². The minimum absolute atomic E-state index is 0.281. The van der Waals surface area contributed by atoms with Crippen LogP contribution in [0.25, 0.3) is 0 Å². The molecule has 3 N–H and O–H groups in total. The van der Waals surface area contributed by atoms with E-state index in [9.17, 15) is 9.59 Å². The van der Waals surface area contributed by atoms with E-state index < -0.39 is 0 Å². The van der Waals surface area contributed by atoms with Crippen molar-refractivity contribution < 1.29 is 4.79 Å². The third-order valence-corrected chi connectivity index (χ3v) is 1.34. The summed E-state index contributed by atoms with van der Waals surface area (Å²) in [5.41, 5.74) is -0.0357. The Bertz CT molecular complexity index is 343. The smallest absolute Gasteiger partial charge is 0.267 e. The average Bonchev–Trinajstić information content (AvgIpc) is 2.03. The highest BCUT2D eigenvalue weighted by Gasteiger charge is 2.07. The average molecular weight is 167 g/mol. The van der Waals surface area contributed by atoms with E-state index in [0.29, 0.717) is 0 Å². The van der Waals surface area contributed by atoms with Gasteiger partial charge in [-0.25, -0.2) is 5.84 Å². The molecule has 0 aliphatic carbocycles. The highest BCUT2D eigenvalue weighted by Crippen LogP contribution is 1.94. The number of aromatic amines is 1. The molecule has 0 aliphatic heterocycles. The summed E-state index contributed by atoms with van der Waals surface area (Å²) in [6.45, 7) is 0. The van der Waals surface area contributed by atoms with Crippen LogP contribution in [0.3, 0.4) is 0 Å². The first-order chi connectivity index (χ1) is 5.61. The number of rotatable bonds is 1. The van der Waals surface area contributed by atoms with E-state index in [1.54, 1.807) is 0 Å². The number of hydrogen-bond donors (Lipinski definition) is 2. The van der Waals surface area contributed by atoms with Crippen molar-refractivity contribution >= 4 is 5.91 Å². The molecule has 1 aromatic rings. The number of aromatic nitrogens is 1. The van der Waals surface area contributed by atoms with Crippen molar-refractivity contribution in [2.24, 2.45) is 5.84 Å². The summed E-state index contributed by atoms with van der Waals surface area (Å²) in [4.78, 5) is 24.3. The number of carbonyl (C=O) groups is 1. The Labute approximate surface area is 68.8 Å². The molecule has 0 radical (unpaired) electrons. The second-order valence-electron chi connectivity index (χ2n) is 2.36. The van der Waals surface area contributed by atoms with Gasteiger partial charge in [-0.3, -0.25) is 14.6 Å². The number of carbonyl (C=O) groups excluding carboxylic acids is 1. The molecule has 1 heterocycles. The predicted octanol–water partition coefficient (Wildman–Crippen LogP) is -0.679. The van der Waals surface area contributed by atoms with Crippen molar-refractivity contribution in [3.05, 3.63) is 34.2 Å². The highest BCUT2D eigenvalue weighted by molar-refractivity contribution is 5.93. The van der Waals surface area contributed by atoms with Crippen LogP contribution in [0.4, 0.5) is 0 Å². The molecule has 5 nitrogen and oxygen atoms in total. The maximum absolute atomic E-state index is 11.1. The van der Waals surface area contributed by atoms with Crippen molar-refractivity contribution in [2.45, 2.75) is 0 Å². The molecule has 1 amide bonds. The van der Waals surface area contributed by atoms with Crippen molar-refractivity contribution in [3.63, 3.8) is 0 Å². The standard InChI is InChI=1S/C7H9N3O2/c1-10(8)7(12)5-2-3-9-6(11)4-5/h2-4H,8H2,1H3,(H,9,11). The number of hydrogen-bond acceptors (Lipinski definition) is 3. The monoisotopic (exact) mass is 167 g/mol. The number of pyridine rings is 1. The van der Waals surface area contributed by atoms with Crippen molar-refractivity contribution in [3.8, 4) is 0 Å². The Hall–Kier alpha value is -1.62. The van der Waals surface area contributed by atoms with Gasteiger partial charge in [-0.05, 0) is 6.07 Å². The molecular formula is C7H9N3O2. The molecule has 0 spiro atoms. The maximum Gasteiger partial charge on any atom is 0.267 e. The van der Waals surface area contributed by atoms with Crippen LogP contribution in [0.5, 0.6) is 0 Å². The van der Waals surface area contributed by atoms with Gasteiger partial charge in [0.05, 0.1) is 0 Å². The zero-order valence-electron chi connectivity index (χ0n) is 6.57. The van der Waals surface area contributed by atoms with Gasteiger partial charge in [0, 0.05) is 24.9 Å². The van der Waals surface area contributed by atoms with Gasteiger partial charge in [0.1, 0.15) is 0 Å². The van der Waals surface area contributed by atoms with Crippen LogP contribution in [-0.4, -0.2) is 22.9 Å². The van der Waals surface area contributed by atoms with E-state index in [4.69, 9.17) is 5.84 Å². The molecule has 0 aromatic carbocycles. The molecule has 0 saturated carbocycles. The third kappa shape index (κ3) is 1.70. The fourth-order valence-electron chi connectivity index (χ4n) is 0.781. The lowest BCUT2D eigenvalue weighted by Gasteiger charge is -2.08. The molecule has 12 heavy (non-hydrogen) atoms. The van der Waals surface area contributed by atoms with Gasteiger partial charge in [-0.2, -0.15) is 0 Å². The lowest BCUT2D eigenvalue weighted by molar-refractivity contribution is 0.0795. The van der Waals surface area contributed by atoms with E-state index in [1.807, 2.05) is 0 Å². The highest BCUT2D eigenvalue weighted by atomic mass is 16.2. The van der Waals surface area contributed by atoms with Gasteiger partial charge < -0.3 is 4.98 Å². The molecule has 0 saturated heterocycles. The molecule has 0 aliphatic rings. The van der Waals surface area contributed by atoms with Crippen molar-refractivity contribution in [1.82, 2.24) is 9.99 Å². The first-order valence-corrected chi connectivity index (χ1v) is 3.33. The van der Waals surface area contributed by atoms with Crippen LogP contribution < -0.4 is 11.4 Å². The predicted molar refractivity (Wildman–Crippen MR) is 43.3 cm³/mol. The molecule has 0 atom stereocenters. The van der Waals surface area contributed by atoms with Gasteiger partial charge in [-0.1, -0.05) is 0 Å². The van der Waals surface area contributed by atoms with Gasteiger partial charge >= 0.3 is 0 Å². The van der Waals surface area contributed by atoms with Gasteiger partial charge in [0.2, 0.25) is 5.56 Å². The van der Waals surface area contributed by atoms with Crippen LogP contribution in [0.2, 0.25) is 0 Å². The maximum atomic E-state index is 11.1. The lowest BCUT2D eigenvalue weighted by atomic mass is 10.2. The first kappa shape index (κ1) is 8.48. The Balaban J connectivity index is 3.04. The van der Waals surface area contributed by atoms with Crippen LogP contribution in [0.1, 0.15) is 10.4 Å². The molecule has 1 aromatic heterocycles. The largest absolute Gasteiger partial charge is 0.329 e. The molecule has 0 unspecified atom stereocenters. The van der Waals surface area contributed by atoms with Crippen LogP contribution in [0.15, 0.2) is 23.1 Å². The first-order valence-electron chi connectivity index (χ1n) is 3.33. The second kappa shape index (κ2) is 3.19. The number of amides is 1. The quantitative estimate of drug-likeness (QED) is 0.330. The van der Waals surface area contributed by atoms with Crippen LogP contribution >= 0.6 is 0 Å². The summed E-state index contributed by atoms with van der Waals surface area (Å²) in [5.74, 6) is 4.80. The fourth-order valence-corrected chi connectivity index (χ4v) is 0.781. The zero-order valence-corrected chi connectivity index (χ0v) is 6.57. The SMILES string of the molecule is CN(N)C(=O)c1cc[nH]c(=O)c1. The molecule has 0 bridgehead atoms. The Morgan fingerprint density at radius 1 is 1.67 bits per heavy atom. The Kier molecular flexibility index (Phi) is 2.25.